The number of likely N-dealkylation sites (N-methyl/N-ethyl adjacent to an activating group) is 1. The molecule has 1 aliphatic heterocycles. The summed E-state index contributed by atoms with van der Waals surface area (Å²) < 4.78 is 3.65. The molecule has 0 radical (unpaired) electrons. The molecule has 206 valence electrons. The first-order chi connectivity index (χ1) is 19.1. The van der Waals surface area contributed by atoms with Crippen LogP contribution in [-0.4, -0.2) is 78.5 Å². The highest BCUT2D eigenvalue weighted by atomic mass is 16.3. The first-order valence-electron chi connectivity index (χ1n) is 14.1. The van der Waals surface area contributed by atoms with E-state index in [0.29, 0.717) is 33.6 Å². The molecular weight excluding hydrogens is 504 g/mol. The van der Waals surface area contributed by atoms with Crippen LogP contribution in [0.25, 0.3) is 16.4 Å². The van der Waals surface area contributed by atoms with Crippen molar-refractivity contribution in [2.45, 2.75) is 56.7 Å². The molecule has 0 spiro atoms. The Bertz CT molecular complexity index is 1680. The third kappa shape index (κ3) is 3.76. The summed E-state index contributed by atoms with van der Waals surface area (Å²) in [5, 5.41) is 33.3. The van der Waals surface area contributed by atoms with Gasteiger partial charge in [-0.25, -0.2) is 4.52 Å². The van der Waals surface area contributed by atoms with Gasteiger partial charge in [0.1, 0.15) is 11.8 Å². The molecule has 3 aliphatic carbocycles. The Hall–Kier alpha value is -3.78. The molecule has 4 aromatic rings. The Morgan fingerprint density at radius 1 is 1.12 bits per heavy atom. The van der Waals surface area contributed by atoms with Gasteiger partial charge < -0.3 is 15.3 Å². The van der Waals surface area contributed by atoms with Gasteiger partial charge in [-0.15, -0.1) is 0 Å². The fourth-order valence-electron chi connectivity index (χ4n) is 7.14. The average molecular weight is 539 g/mol. The number of anilines is 1. The predicted octanol–water partition coefficient (Wildman–Crippen LogP) is 3.30. The molecule has 1 saturated heterocycles. The van der Waals surface area contributed by atoms with Gasteiger partial charge >= 0.3 is 0 Å². The van der Waals surface area contributed by atoms with Crippen molar-refractivity contribution in [3.05, 3.63) is 59.5 Å². The summed E-state index contributed by atoms with van der Waals surface area (Å²) in [5.41, 5.74) is 2.58. The lowest BCUT2D eigenvalue weighted by molar-refractivity contribution is -0.217. The third-order valence-electron chi connectivity index (χ3n) is 9.36. The van der Waals surface area contributed by atoms with Crippen molar-refractivity contribution in [3.63, 3.8) is 0 Å². The van der Waals surface area contributed by atoms with Gasteiger partial charge in [0.2, 0.25) is 0 Å². The smallest absolute Gasteiger partial charge is 0.274 e. The Morgan fingerprint density at radius 3 is 2.55 bits per heavy atom. The second-order valence-electron chi connectivity index (χ2n) is 12.4. The molecule has 4 aliphatic rings. The number of hydrogen-bond donors (Lipinski definition) is 2. The van der Waals surface area contributed by atoms with Crippen LogP contribution in [0.1, 0.15) is 61.6 Å². The molecule has 0 atom stereocenters. The maximum Gasteiger partial charge on any atom is 0.274 e. The lowest BCUT2D eigenvalue weighted by atomic mass is 9.43. The minimum Gasteiger partial charge on any atom is -0.386 e. The minimum absolute atomic E-state index is 0.0675. The van der Waals surface area contributed by atoms with Crippen molar-refractivity contribution in [2.75, 3.05) is 38.0 Å². The van der Waals surface area contributed by atoms with E-state index in [2.05, 4.69) is 44.1 Å². The van der Waals surface area contributed by atoms with Gasteiger partial charge in [-0.2, -0.15) is 15.5 Å². The molecule has 40 heavy (non-hydrogen) atoms. The Morgan fingerprint density at radius 2 is 1.88 bits per heavy atom. The number of benzene rings is 1. The van der Waals surface area contributed by atoms with Gasteiger partial charge in [0.25, 0.3) is 5.91 Å². The van der Waals surface area contributed by atoms with Crippen molar-refractivity contribution >= 4 is 28.0 Å². The zero-order chi connectivity index (χ0) is 27.9. The number of nitrogens with one attached hydrogen (secondary N) is 1. The zero-order valence-electron chi connectivity index (χ0n) is 23.2. The number of nitrogens with zero attached hydrogens (tertiary/aromatic N) is 7. The first kappa shape index (κ1) is 25.2. The summed E-state index contributed by atoms with van der Waals surface area (Å²) in [5.74, 6) is -0.348. The monoisotopic (exact) mass is 538 g/mol. The standard InChI is InChI=1S/C30H34N8O2/c1-4-35-7-9-36(10-8-35)29-17-30(18-29,19-29)37-16-21-12-25(23(28(2,3)40)13-24(21)34-37)33-27(39)26-6-5-22-11-20(14-31)15-32-38(22)26/h5-6,11-13,15-16,40H,4,7-10,17-19H2,1-3H3,(H,33,39). The Labute approximate surface area is 232 Å². The molecule has 2 N–H and O–H groups in total. The van der Waals surface area contributed by atoms with E-state index in [0.717, 1.165) is 62.9 Å². The van der Waals surface area contributed by atoms with Crippen molar-refractivity contribution in [3.8, 4) is 6.07 Å². The number of piperazine rings is 1. The number of fused-ring (bicyclic) bond motifs is 2. The van der Waals surface area contributed by atoms with Crippen molar-refractivity contribution < 1.29 is 9.90 Å². The number of hydrogen-bond acceptors (Lipinski definition) is 7. The van der Waals surface area contributed by atoms with E-state index in [-0.39, 0.29) is 11.4 Å². The summed E-state index contributed by atoms with van der Waals surface area (Å²) in [6.45, 7) is 11.4. The fraction of sp³-hybridized carbons (Fsp3) is 0.467. The molecule has 1 aromatic carbocycles. The lowest BCUT2D eigenvalue weighted by Gasteiger charge is -2.74. The molecule has 4 fully saturated rings. The van der Waals surface area contributed by atoms with E-state index in [9.17, 15) is 9.90 Å². The predicted molar refractivity (Wildman–Crippen MR) is 151 cm³/mol. The summed E-state index contributed by atoms with van der Waals surface area (Å²) in [7, 11) is 0. The van der Waals surface area contributed by atoms with Crippen LogP contribution in [-0.2, 0) is 11.1 Å². The van der Waals surface area contributed by atoms with Crippen LogP contribution >= 0.6 is 0 Å². The lowest BCUT2D eigenvalue weighted by Crippen LogP contribution is -2.80. The number of carbonyl (C=O) groups is 1. The van der Waals surface area contributed by atoms with Gasteiger partial charge in [0.05, 0.1) is 33.9 Å². The number of aliphatic hydroxyl groups is 1. The number of nitriles is 1. The maximum absolute atomic E-state index is 13.4. The topological polar surface area (TPSA) is 115 Å². The van der Waals surface area contributed by atoms with Gasteiger partial charge in [-0.3, -0.25) is 14.4 Å². The van der Waals surface area contributed by atoms with Gasteiger partial charge in [-0.1, -0.05) is 6.92 Å². The van der Waals surface area contributed by atoms with E-state index in [1.165, 1.54) is 10.7 Å². The third-order valence-corrected chi connectivity index (χ3v) is 9.36. The highest BCUT2D eigenvalue weighted by molar-refractivity contribution is 6.05. The first-order valence-corrected chi connectivity index (χ1v) is 14.1. The highest BCUT2D eigenvalue weighted by Crippen LogP contribution is 2.68. The van der Waals surface area contributed by atoms with E-state index >= 15 is 0 Å². The number of carbonyl (C=O) groups excluding carboxylic acids is 1. The summed E-state index contributed by atoms with van der Waals surface area (Å²) in [6.07, 6.45) is 6.92. The number of amides is 1. The fourth-order valence-corrected chi connectivity index (χ4v) is 7.14. The largest absolute Gasteiger partial charge is 0.386 e. The van der Waals surface area contributed by atoms with Crippen molar-refractivity contribution in [1.29, 1.82) is 5.26 Å². The highest BCUT2D eigenvalue weighted by Gasteiger charge is 2.71. The zero-order valence-corrected chi connectivity index (χ0v) is 23.2. The second-order valence-corrected chi connectivity index (χ2v) is 12.4. The molecule has 8 rings (SSSR count). The summed E-state index contributed by atoms with van der Waals surface area (Å²) in [4.78, 5) is 18.6. The van der Waals surface area contributed by atoms with Crippen LogP contribution in [0.15, 0.2) is 42.7 Å². The van der Waals surface area contributed by atoms with Gasteiger partial charge in [-0.05, 0) is 70.0 Å². The van der Waals surface area contributed by atoms with Gasteiger partial charge in [0.15, 0.2) is 0 Å². The van der Waals surface area contributed by atoms with E-state index in [1.807, 2.05) is 12.1 Å². The molecule has 0 unspecified atom stereocenters. The second kappa shape index (κ2) is 8.61. The van der Waals surface area contributed by atoms with Crippen LogP contribution < -0.4 is 5.32 Å². The summed E-state index contributed by atoms with van der Waals surface area (Å²) in [6, 6.07) is 11.0. The van der Waals surface area contributed by atoms with Crippen LogP contribution in [0.5, 0.6) is 0 Å². The maximum atomic E-state index is 13.4. The molecule has 2 bridgehead atoms. The van der Waals surface area contributed by atoms with Crippen LogP contribution in [0.4, 0.5) is 5.69 Å². The molecule has 10 heteroatoms. The molecule has 3 saturated carbocycles. The quantitative estimate of drug-likeness (QED) is 0.387. The molecule has 10 nitrogen and oxygen atoms in total. The van der Waals surface area contributed by atoms with E-state index < -0.39 is 5.60 Å². The number of rotatable bonds is 6. The van der Waals surface area contributed by atoms with Crippen LogP contribution in [0.3, 0.4) is 0 Å². The summed E-state index contributed by atoms with van der Waals surface area (Å²) >= 11 is 0. The average Bonchev–Trinajstić information content (AvgIpc) is 3.50. The Kier molecular flexibility index (Phi) is 5.42. The molecule has 1 amide bonds. The molecular formula is C30H34N8O2. The normalized spacial score (nSPS) is 25.0. The van der Waals surface area contributed by atoms with Crippen LogP contribution in [0.2, 0.25) is 0 Å². The van der Waals surface area contributed by atoms with E-state index in [4.69, 9.17) is 10.4 Å². The molecule has 4 heterocycles. The molecule has 3 aromatic heterocycles. The van der Waals surface area contributed by atoms with E-state index in [1.54, 1.807) is 32.0 Å². The number of aromatic nitrogens is 4. The van der Waals surface area contributed by atoms with Crippen molar-refractivity contribution in [1.82, 2.24) is 29.2 Å². The SMILES string of the molecule is CCN1CCN(C23CC(n4cc5cc(NC(=O)c6ccc7cc(C#N)cnn67)c(C(C)(C)O)cc5n4)(C2)C3)CC1. The van der Waals surface area contributed by atoms with Gasteiger partial charge in [0, 0.05) is 54.6 Å². The minimum atomic E-state index is -1.19. The van der Waals surface area contributed by atoms with Crippen LogP contribution in [0, 0.1) is 11.3 Å². The Balaban J connectivity index is 1.15. The van der Waals surface area contributed by atoms with Crippen molar-refractivity contribution in [2.24, 2.45) is 0 Å².